The maximum atomic E-state index is 3.73. The van der Waals surface area contributed by atoms with Crippen molar-refractivity contribution in [1.82, 2.24) is 9.88 Å². The number of fused-ring (bicyclic) bond motifs is 8. The molecule has 32 heavy (non-hydrogen) atoms. The van der Waals surface area contributed by atoms with Crippen molar-refractivity contribution in [3.63, 3.8) is 0 Å². The lowest BCUT2D eigenvalue weighted by atomic mass is 9.81. The Kier molecular flexibility index (Phi) is 3.42. The molecule has 0 unspecified atom stereocenters. The summed E-state index contributed by atoms with van der Waals surface area (Å²) >= 11 is 0. The lowest BCUT2D eigenvalue weighted by Gasteiger charge is -2.22. The molecule has 154 valence electrons. The Morgan fingerprint density at radius 1 is 0.781 bits per heavy atom. The van der Waals surface area contributed by atoms with Gasteiger partial charge in [0.2, 0.25) is 0 Å². The fourth-order valence-corrected chi connectivity index (χ4v) is 5.97. The zero-order chi connectivity index (χ0) is 21.4. The first kappa shape index (κ1) is 17.9. The van der Waals surface area contributed by atoms with Gasteiger partial charge < -0.3 is 5.32 Å². The van der Waals surface area contributed by atoms with Crippen molar-refractivity contribution < 1.29 is 0 Å². The van der Waals surface area contributed by atoms with Crippen molar-refractivity contribution in [2.45, 2.75) is 19.3 Å². The van der Waals surface area contributed by atoms with Gasteiger partial charge in [0.15, 0.2) is 0 Å². The molecule has 0 radical (unpaired) electrons. The first-order valence-corrected chi connectivity index (χ1v) is 11.4. The molecule has 2 heterocycles. The summed E-state index contributed by atoms with van der Waals surface area (Å²) in [7, 11) is 0. The topological polar surface area (TPSA) is 17.0 Å². The highest BCUT2D eigenvalue weighted by atomic mass is 15.2. The molecular weight excluding hydrogens is 388 g/mol. The van der Waals surface area contributed by atoms with E-state index in [-0.39, 0.29) is 5.41 Å². The van der Waals surface area contributed by atoms with Crippen LogP contribution in [0, 0.1) is 0 Å². The lowest BCUT2D eigenvalue weighted by molar-refractivity contribution is 0.666. The van der Waals surface area contributed by atoms with Crippen molar-refractivity contribution >= 4 is 33.6 Å². The van der Waals surface area contributed by atoms with Gasteiger partial charge in [-0.15, -0.1) is 0 Å². The molecule has 2 aliphatic rings. The van der Waals surface area contributed by atoms with Crippen LogP contribution in [0.1, 0.15) is 25.0 Å². The second kappa shape index (κ2) is 6.14. The number of aromatic nitrogens is 1. The van der Waals surface area contributed by atoms with Crippen LogP contribution in [0.4, 0.5) is 0 Å². The van der Waals surface area contributed by atoms with Gasteiger partial charge in [-0.05, 0) is 33.2 Å². The van der Waals surface area contributed by atoms with Crippen molar-refractivity contribution in [2.24, 2.45) is 0 Å². The minimum atomic E-state index is -0.0690. The van der Waals surface area contributed by atoms with Crippen LogP contribution in [0.2, 0.25) is 0 Å². The summed E-state index contributed by atoms with van der Waals surface area (Å²) < 4.78 is 2.50. The second-order valence-electron chi connectivity index (χ2n) is 9.43. The average molecular weight is 413 g/mol. The van der Waals surface area contributed by atoms with Crippen LogP contribution < -0.4 is 15.8 Å². The highest BCUT2D eigenvalue weighted by Crippen LogP contribution is 2.55. The van der Waals surface area contributed by atoms with Gasteiger partial charge in [0.25, 0.3) is 0 Å². The van der Waals surface area contributed by atoms with E-state index < -0.39 is 0 Å². The van der Waals surface area contributed by atoms with Gasteiger partial charge in [-0.2, -0.15) is 0 Å². The molecule has 0 amide bonds. The molecule has 0 spiro atoms. The first-order chi connectivity index (χ1) is 15.7. The molecule has 0 fully saturated rings. The molecule has 2 heteroatoms. The smallest absolute Gasteiger partial charge is 0.119 e. The van der Waals surface area contributed by atoms with Crippen LogP contribution in [0.25, 0.3) is 44.8 Å². The summed E-state index contributed by atoms with van der Waals surface area (Å²) in [6.45, 7) is 5.59. The molecule has 1 N–H and O–H groups in total. The Labute approximate surface area is 187 Å². The molecule has 0 saturated heterocycles. The summed E-state index contributed by atoms with van der Waals surface area (Å²) in [5, 5.41) is 10.2. The van der Waals surface area contributed by atoms with Crippen LogP contribution in [-0.2, 0) is 5.41 Å². The number of benzene rings is 4. The van der Waals surface area contributed by atoms with Gasteiger partial charge in [-0.3, -0.25) is 4.57 Å². The number of nitrogens with zero attached hydrogens (tertiary/aromatic N) is 1. The molecule has 4 aromatic carbocycles. The Bertz CT molecular complexity index is 1700. The highest BCUT2D eigenvalue weighted by molar-refractivity contribution is 6.08. The number of rotatable bonds is 1. The molecule has 1 aliphatic carbocycles. The van der Waals surface area contributed by atoms with E-state index in [1.165, 1.54) is 60.3 Å². The Morgan fingerprint density at radius 2 is 1.53 bits per heavy atom. The summed E-state index contributed by atoms with van der Waals surface area (Å²) in [6, 6.07) is 31.0. The molecule has 7 rings (SSSR count). The average Bonchev–Trinajstić information content (AvgIpc) is 3.29. The molecule has 1 aromatic heterocycles. The van der Waals surface area contributed by atoms with Gasteiger partial charge in [-0.25, -0.2) is 0 Å². The summed E-state index contributed by atoms with van der Waals surface area (Å²) in [4.78, 5) is 0. The van der Waals surface area contributed by atoms with Gasteiger partial charge in [0.05, 0.1) is 11.2 Å². The molecule has 2 nitrogen and oxygen atoms in total. The minimum absolute atomic E-state index is 0.0690. The number of hydrogen-bond donors (Lipinski definition) is 1. The largest absolute Gasteiger partial charge is 0.367 e. The number of hydrogen-bond acceptors (Lipinski definition) is 1. The van der Waals surface area contributed by atoms with Crippen LogP contribution in [-0.4, -0.2) is 11.1 Å². The Balaban J connectivity index is 1.75. The maximum Gasteiger partial charge on any atom is 0.119 e. The first-order valence-electron chi connectivity index (χ1n) is 11.4. The van der Waals surface area contributed by atoms with Crippen LogP contribution in [0.3, 0.4) is 0 Å². The zero-order valence-electron chi connectivity index (χ0n) is 18.3. The Morgan fingerprint density at radius 3 is 2.44 bits per heavy atom. The third-order valence-corrected chi connectivity index (χ3v) is 7.37. The third kappa shape index (κ3) is 2.14. The van der Waals surface area contributed by atoms with Crippen molar-refractivity contribution in [2.75, 3.05) is 6.54 Å². The highest BCUT2D eigenvalue weighted by Gasteiger charge is 2.41. The van der Waals surface area contributed by atoms with E-state index in [1.54, 1.807) is 0 Å². The van der Waals surface area contributed by atoms with Gasteiger partial charge >= 0.3 is 0 Å². The molecule has 0 bridgehead atoms. The van der Waals surface area contributed by atoms with Crippen molar-refractivity contribution in [1.29, 1.82) is 0 Å². The lowest BCUT2D eigenvalue weighted by Crippen LogP contribution is -2.39. The van der Waals surface area contributed by atoms with E-state index in [9.17, 15) is 0 Å². The van der Waals surface area contributed by atoms with Gasteiger partial charge in [0.1, 0.15) is 5.82 Å². The maximum absolute atomic E-state index is 3.73. The molecular formula is C30H24N2. The van der Waals surface area contributed by atoms with Gasteiger partial charge in [0, 0.05) is 28.1 Å². The van der Waals surface area contributed by atoms with E-state index in [2.05, 4.69) is 115 Å². The van der Waals surface area contributed by atoms with Gasteiger partial charge in [-0.1, -0.05) is 98.8 Å². The zero-order valence-corrected chi connectivity index (χ0v) is 18.3. The van der Waals surface area contributed by atoms with Crippen LogP contribution in [0.5, 0.6) is 0 Å². The summed E-state index contributed by atoms with van der Waals surface area (Å²) in [5.41, 5.74) is 6.75. The minimum Gasteiger partial charge on any atom is -0.367 e. The van der Waals surface area contributed by atoms with Crippen molar-refractivity contribution in [3.8, 4) is 11.3 Å². The Hall–Kier alpha value is -3.78. The summed E-state index contributed by atoms with van der Waals surface area (Å²) in [5.74, 6) is 1.18. The number of para-hydroxylation sites is 1. The van der Waals surface area contributed by atoms with E-state index in [1.807, 2.05) is 0 Å². The predicted octanol–water partition coefficient (Wildman–Crippen LogP) is 5.10. The van der Waals surface area contributed by atoms with Crippen LogP contribution >= 0.6 is 0 Å². The van der Waals surface area contributed by atoms with E-state index in [0.717, 1.165) is 6.54 Å². The fourth-order valence-electron chi connectivity index (χ4n) is 5.97. The molecule has 1 aliphatic heterocycles. The van der Waals surface area contributed by atoms with Crippen molar-refractivity contribution in [3.05, 3.63) is 106 Å². The fraction of sp³-hybridized carbons (Fsp3) is 0.133. The third-order valence-electron chi connectivity index (χ3n) is 7.37. The number of nitrogens with one attached hydrogen (secondary N) is 1. The molecule has 0 saturated carbocycles. The normalized spacial score (nSPS) is 15.8. The summed E-state index contributed by atoms with van der Waals surface area (Å²) in [6.07, 6.45) is 2.28. The predicted molar refractivity (Wildman–Crippen MR) is 134 cm³/mol. The second-order valence-corrected chi connectivity index (χ2v) is 9.43. The van der Waals surface area contributed by atoms with E-state index in [0.29, 0.717) is 0 Å². The SMILES string of the molecule is CC1(C)c2ccc3ccccc3c2-c2c1c1ccccc1n2C1=c2ccccc2=CCN1. The quantitative estimate of drug-likeness (QED) is 0.405. The molecule has 0 atom stereocenters. The monoisotopic (exact) mass is 412 g/mol. The van der Waals surface area contributed by atoms with E-state index >= 15 is 0 Å². The molecule has 5 aromatic rings. The standard InChI is InChI=1S/C30H24N2/c1-30(2)24-16-15-19-9-3-5-11-21(19)26(24)28-27(30)23-13-7-8-14-25(23)32(28)29-22-12-6-4-10-20(22)17-18-31-29/h3-17,31H,18H2,1-2H3. The van der Waals surface area contributed by atoms with E-state index in [4.69, 9.17) is 0 Å². The van der Waals surface area contributed by atoms with Crippen LogP contribution in [0.15, 0.2) is 84.9 Å².